The number of carboxylic acid groups (broad SMARTS) is 1. The summed E-state index contributed by atoms with van der Waals surface area (Å²) in [5.41, 5.74) is -1.75. The SMILES string of the molecule is C[C@H](CCC(C(=O)O)C(C)(O)C(O)(O)O)[C@H]1CC[C@H]2[C@@H]3CC[C@@H]4CCCC[C@]4(C)[C@H]3CC[C@]12C. The average molecular weight is 481 g/mol. The highest BCUT2D eigenvalue weighted by Gasteiger charge is 2.60. The molecule has 10 atom stereocenters. The highest BCUT2D eigenvalue weighted by molar-refractivity contribution is 5.71. The molecular formula is C28H48O6. The van der Waals surface area contributed by atoms with Gasteiger partial charge in [-0.1, -0.05) is 33.6 Å². The number of hydrogen-bond donors (Lipinski definition) is 5. The minimum atomic E-state index is -3.46. The van der Waals surface area contributed by atoms with E-state index in [-0.39, 0.29) is 17.8 Å². The lowest BCUT2D eigenvalue weighted by molar-refractivity contribution is -0.395. The van der Waals surface area contributed by atoms with Crippen molar-refractivity contribution in [3.63, 3.8) is 0 Å². The molecule has 4 aliphatic rings. The van der Waals surface area contributed by atoms with Gasteiger partial charge in [0.15, 0.2) is 5.60 Å². The summed E-state index contributed by atoms with van der Waals surface area (Å²) in [5.74, 6) is -2.12. The zero-order valence-electron chi connectivity index (χ0n) is 21.7. The van der Waals surface area contributed by atoms with Crippen molar-refractivity contribution in [2.75, 3.05) is 0 Å². The van der Waals surface area contributed by atoms with Crippen molar-refractivity contribution in [3.05, 3.63) is 0 Å². The van der Waals surface area contributed by atoms with Crippen LogP contribution in [0.15, 0.2) is 0 Å². The molecule has 0 saturated heterocycles. The van der Waals surface area contributed by atoms with Crippen LogP contribution in [0.1, 0.15) is 105 Å². The first-order valence-corrected chi connectivity index (χ1v) is 13.9. The quantitative estimate of drug-likeness (QED) is 0.342. The first-order valence-electron chi connectivity index (χ1n) is 13.9. The summed E-state index contributed by atoms with van der Waals surface area (Å²) in [6, 6.07) is 0. The highest BCUT2D eigenvalue weighted by Crippen LogP contribution is 2.68. The van der Waals surface area contributed by atoms with E-state index in [0.29, 0.717) is 17.8 Å². The van der Waals surface area contributed by atoms with Gasteiger partial charge < -0.3 is 25.5 Å². The van der Waals surface area contributed by atoms with Gasteiger partial charge in [0.05, 0.1) is 5.92 Å². The zero-order chi connectivity index (χ0) is 25.1. The molecule has 0 radical (unpaired) electrons. The van der Waals surface area contributed by atoms with Crippen molar-refractivity contribution in [2.45, 2.75) is 116 Å². The molecule has 2 unspecified atom stereocenters. The summed E-state index contributed by atoms with van der Waals surface area (Å²) in [7, 11) is 0. The molecular weight excluding hydrogens is 432 g/mol. The van der Waals surface area contributed by atoms with Crippen LogP contribution in [-0.4, -0.2) is 43.1 Å². The van der Waals surface area contributed by atoms with Crippen LogP contribution < -0.4 is 0 Å². The van der Waals surface area contributed by atoms with Gasteiger partial charge in [-0.05, 0) is 117 Å². The molecule has 5 N–H and O–H groups in total. The summed E-state index contributed by atoms with van der Waals surface area (Å²) in [4.78, 5) is 11.8. The fraction of sp³-hybridized carbons (Fsp3) is 0.964. The van der Waals surface area contributed by atoms with Gasteiger partial charge >= 0.3 is 11.9 Å². The van der Waals surface area contributed by atoms with Gasteiger partial charge in [0, 0.05) is 0 Å². The standard InChI is InChI=1S/C28H48O6/c1-17(8-11-23(24(29)30)27(4,31)28(32,33)34)20-12-13-21-19-10-9-18-7-5-6-15-25(18,2)22(19)14-16-26(20,21)3/h17-23,31-34H,5-16H2,1-4H3,(H,29,30)/t17-,18+,19+,20-,21+,22+,23?,25+,26-,27?/m1/s1. The number of fused-ring (bicyclic) bond motifs is 5. The molecule has 6 nitrogen and oxygen atoms in total. The maximum absolute atomic E-state index is 11.8. The summed E-state index contributed by atoms with van der Waals surface area (Å²) >= 11 is 0. The Morgan fingerprint density at radius 2 is 1.56 bits per heavy atom. The third kappa shape index (κ3) is 4.14. The fourth-order valence-corrected chi connectivity index (χ4v) is 9.78. The number of hydrogen-bond acceptors (Lipinski definition) is 5. The van der Waals surface area contributed by atoms with E-state index in [0.717, 1.165) is 30.6 Å². The Hall–Kier alpha value is -0.690. The molecule has 0 aromatic carbocycles. The van der Waals surface area contributed by atoms with Gasteiger partial charge in [-0.25, -0.2) is 0 Å². The Balaban J connectivity index is 1.45. The van der Waals surface area contributed by atoms with Crippen LogP contribution in [0.4, 0.5) is 0 Å². The molecule has 6 heteroatoms. The molecule has 0 heterocycles. The minimum absolute atomic E-state index is 0.0932. The molecule has 4 saturated carbocycles. The molecule has 0 bridgehead atoms. The van der Waals surface area contributed by atoms with E-state index in [1.54, 1.807) is 0 Å². The Morgan fingerprint density at radius 1 is 0.882 bits per heavy atom. The van der Waals surface area contributed by atoms with Crippen LogP contribution >= 0.6 is 0 Å². The summed E-state index contributed by atoms with van der Waals surface area (Å²) in [6.07, 6.45) is 14.1. The average Bonchev–Trinajstić information content (AvgIpc) is 3.09. The van der Waals surface area contributed by atoms with E-state index in [2.05, 4.69) is 20.8 Å². The second-order valence-electron chi connectivity index (χ2n) is 13.4. The Labute approximate surface area is 205 Å². The lowest BCUT2D eigenvalue weighted by Crippen LogP contribution is -2.58. The molecule has 0 aromatic heterocycles. The number of aliphatic carboxylic acids is 1. The predicted octanol–water partition coefficient (Wildman–Crippen LogP) is 4.53. The van der Waals surface area contributed by atoms with Crippen LogP contribution in [0.5, 0.6) is 0 Å². The molecule has 4 aliphatic carbocycles. The van der Waals surface area contributed by atoms with E-state index in [9.17, 15) is 30.3 Å². The van der Waals surface area contributed by atoms with Gasteiger partial charge in [-0.2, -0.15) is 0 Å². The first-order chi connectivity index (χ1) is 15.7. The largest absolute Gasteiger partial charge is 0.481 e. The summed E-state index contributed by atoms with van der Waals surface area (Å²) in [6.45, 7) is 8.27. The van der Waals surface area contributed by atoms with Gasteiger partial charge in [0.2, 0.25) is 0 Å². The van der Waals surface area contributed by atoms with Crippen LogP contribution in [0.3, 0.4) is 0 Å². The predicted molar refractivity (Wildman–Crippen MR) is 129 cm³/mol. The minimum Gasteiger partial charge on any atom is -0.481 e. The third-order valence-electron chi connectivity index (χ3n) is 11.9. The molecule has 34 heavy (non-hydrogen) atoms. The number of carbonyl (C=O) groups is 1. The van der Waals surface area contributed by atoms with Crippen LogP contribution in [0.2, 0.25) is 0 Å². The maximum atomic E-state index is 11.8. The molecule has 4 rings (SSSR count). The zero-order valence-corrected chi connectivity index (χ0v) is 21.7. The van der Waals surface area contributed by atoms with E-state index in [4.69, 9.17) is 0 Å². The topological polar surface area (TPSA) is 118 Å². The van der Waals surface area contributed by atoms with Crippen LogP contribution in [0, 0.1) is 52.3 Å². The normalized spacial score (nSPS) is 43.7. The maximum Gasteiger partial charge on any atom is 0.309 e. The molecule has 196 valence electrons. The van der Waals surface area contributed by atoms with Crippen LogP contribution in [0.25, 0.3) is 0 Å². The number of carboxylic acids is 1. The van der Waals surface area contributed by atoms with Crippen molar-refractivity contribution in [3.8, 4) is 0 Å². The van der Waals surface area contributed by atoms with Crippen molar-refractivity contribution in [2.24, 2.45) is 52.3 Å². The lowest BCUT2D eigenvalue weighted by atomic mass is 9.44. The fourth-order valence-electron chi connectivity index (χ4n) is 9.78. The smallest absolute Gasteiger partial charge is 0.309 e. The Morgan fingerprint density at radius 3 is 2.21 bits per heavy atom. The van der Waals surface area contributed by atoms with Crippen molar-refractivity contribution in [1.29, 1.82) is 0 Å². The van der Waals surface area contributed by atoms with E-state index < -0.39 is 23.5 Å². The molecule has 0 spiro atoms. The first kappa shape index (κ1) is 26.4. The number of aliphatic hydroxyl groups is 4. The second kappa shape index (κ2) is 9.00. The Bertz CT molecular complexity index is 758. The monoisotopic (exact) mass is 480 g/mol. The summed E-state index contributed by atoms with van der Waals surface area (Å²) in [5, 5.41) is 48.7. The van der Waals surface area contributed by atoms with E-state index in [1.807, 2.05) is 0 Å². The molecule has 0 amide bonds. The second-order valence-corrected chi connectivity index (χ2v) is 13.4. The highest BCUT2D eigenvalue weighted by atomic mass is 16.7. The van der Waals surface area contributed by atoms with Crippen LogP contribution in [-0.2, 0) is 4.79 Å². The molecule has 4 fully saturated rings. The number of rotatable bonds is 7. The van der Waals surface area contributed by atoms with E-state index in [1.165, 1.54) is 64.2 Å². The molecule has 0 aliphatic heterocycles. The van der Waals surface area contributed by atoms with Crippen molar-refractivity contribution in [1.82, 2.24) is 0 Å². The van der Waals surface area contributed by atoms with Gasteiger partial charge in [-0.3, -0.25) is 4.79 Å². The van der Waals surface area contributed by atoms with E-state index >= 15 is 0 Å². The third-order valence-corrected chi connectivity index (χ3v) is 11.9. The van der Waals surface area contributed by atoms with Gasteiger partial charge in [0.25, 0.3) is 0 Å². The lowest BCUT2D eigenvalue weighted by Gasteiger charge is -2.61. The summed E-state index contributed by atoms with van der Waals surface area (Å²) < 4.78 is 0. The van der Waals surface area contributed by atoms with Gasteiger partial charge in [-0.15, -0.1) is 0 Å². The van der Waals surface area contributed by atoms with Crippen molar-refractivity contribution < 1.29 is 30.3 Å². The van der Waals surface area contributed by atoms with Gasteiger partial charge in [0.1, 0.15) is 0 Å². The molecule has 0 aromatic rings. The Kier molecular flexibility index (Phi) is 6.98. The van der Waals surface area contributed by atoms with Crippen molar-refractivity contribution >= 4 is 5.97 Å².